The van der Waals surface area contributed by atoms with Crippen LogP contribution >= 0.6 is 11.6 Å². The third-order valence-electron chi connectivity index (χ3n) is 3.93. The number of nitrogens with two attached hydrogens (primary N) is 2. The minimum atomic E-state index is -0.538. The minimum Gasteiger partial charge on any atom is -0.399 e. The molecule has 1 saturated carbocycles. The van der Waals surface area contributed by atoms with Gasteiger partial charge in [-0.25, -0.2) is 0 Å². The van der Waals surface area contributed by atoms with Crippen molar-refractivity contribution in [3.63, 3.8) is 0 Å². The maximum absolute atomic E-state index is 11.6. The highest BCUT2D eigenvalue weighted by atomic mass is 35.5. The molecule has 3 rings (SSSR count). The van der Waals surface area contributed by atoms with Gasteiger partial charge in [-0.15, -0.1) is 0 Å². The molecule has 1 aliphatic heterocycles. The van der Waals surface area contributed by atoms with Crippen molar-refractivity contribution in [3.8, 4) is 0 Å². The van der Waals surface area contributed by atoms with Crippen molar-refractivity contribution in [1.29, 1.82) is 0 Å². The minimum absolute atomic E-state index is 0.168. The van der Waals surface area contributed by atoms with E-state index in [0.29, 0.717) is 27.9 Å². The fraction of sp³-hybridized carbons (Fsp3) is 0.500. The van der Waals surface area contributed by atoms with Crippen molar-refractivity contribution >= 4 is 28.9 Å². The normalized spacial score (nSPS) is 25.6. The summed E-state index contributed by atoms with van der Waals surface area (Å²) in [5.41, 5.74) is 12.4. The van der Waals surface area contributed by atoms with Gasteiger partial charge in [-0.2, -0.15) is 0 Å². The maximum atomic E-state index is 11.6. The van der Waals surface area contributed by atoms with Gasteiger partial charge in [-0.05, 0) is 37.3 Å². The second-order valence-corrected chi connectivity index (χ2v) is 5.91. The number of carbonyl (C=O) groups is 1. The van der Waals surface area contributed by atoms with Crippen molar-refractivity contribution in [1.82, 2.24) is 0 Å². The molecule has 20 heavy (non-hydrogen) atoms. The molecule has 108 valence electrons. The van der Waals surface area contributed by atoms with Gasteiger partial charge in [0.2, 0.25) is 0 Å². The number of rotatable bonds is 4. The van der Waals surface area contributed by atoms with E-state index < -0.39 is 5.91 Å². The van der Waals surface area contributed by atoms with Gasteiger partial charge in [0.25, 0.3) is 5.91 Å². The smallest absolute Gasteiger partial charge is 0.250 e. The van der Waals surface area contributed by atoms with E-state index in [4.69, 9.17) is 27.8 Å². The predicted octanol–water partition coefficient (Wildman–Crippen LogP) is 2.00. The molecular formula is C14H18ClN3O2. The van der Waals surface area contributed by atoms with Crippen LogP contribution < -0.4 is 16.8 Å². The number of hydrogen-bond acceptors (Lipinski definition) is 4. The third-order valence-corrected chi connectivity index (χ3v) is 4.23. The first-order chi connectivity index (χ1) is 9.56. The van der Waals surface area contributed by atoms with Crippen LogP contribution in [0.2, 0.25) is 5.02 Å². The summed E-state index contributed by atoms with van der Waals surface area (Å²) in [5, 5.41) is 3.76. The van der Waals surface area contributed by atoms with Gasteiger partial charge in [0.1, 0.15) is 0 Å². The van der Waals surface area contributed by atoms with Gasteiger partial charge in [0.05, 0.1) is 28.4 Å². The molecule has 6 heteroatoms. The molecule has 1 heterocycles. The van der Waals surface area contributed by atoms with Gasteiger partial charge in [0.15, 0.2) is 0 Å². The van der Waals surface area contributed by atoms with E-state index in [1.54, 1.807) is 12.1 Å². The summed E-state index contributed by atoms with van der Waals surface area (Å²) in [6.07, 6.45) is 3.52. The lowest BCUT2D eigenvalue weighted by atomic mass is 10.0. The summed E-state index contributed by atoms with van der Waals surface area (Å²) in [6, 6.07) is 3.35. The molecule has 1 aromatic carbocycles. The number of anilines is 2. The quantitative estimate of drug-likeness (QED) is 0.741. The third kappa shape index (κ3) is 2.55. The zero-order valence-corrected chi connectivity index (χ0v) is 11.8. The van der Waals surface area contributed by atoms with E-state index in [9.17, 15) is 4.79 Å². The lowest BCUT2D eigenvalue weighted by Crippen LogP contribution is -2.32. The molecule has 1 aliphatic carbocycles. The highest BCUT2D eigenvalue weighted by Crippen LogP contribution is 2.40. The van der Waals surface area contributed by atoms with Crippen LogP contribution in [0.25, 0.3) is 0 Å². The van der Waals surface area contributed by atoms with Crippen LogP contribution in [-0.2, 0) is 4.74 Å². The second-order valence-electron chi connectivity index (χ2n) is 5.50. The highest BCUT2D eigenvalue weighted by molar-refractivity contribution is 6.34. The lowest BCUT2D eigenvalue weighted by molar-refractivity contribution is 0.0897. The first-order valence-electron chi connectivity index (χ1n) is 6.83. The summed E-state index contributed by atoms with van der Waals surface area (Å²) in [7, 11) is 0. The monoisotopic (exact) mass is 295 g/mol. The Labute approximate surface area is 122 Å². The van der Waals surface area contributed by atoms with Gasteiger partial charge < -0.3 is 21.5 Å². The van der Waals surface area contributed by atoms with Crippen molar-refractivity contribution in [2.45, 2.75) is 31.4 Å². The predicted molar refractivity (Wildman–Crippen MR) is 78.9 cm³/mol. The number of nitrogens with one attached hydrogen (secondary N) is 1. The largest absolute Gasteiger partial charge is 0.399 e. The van der Waals surface area contributed by atoms with Crippen LogP contribution in [0.1, 0.15) is 29.6 Å². The molecule has 5 N–H and O–H groups in total. The van der Waals surface area contributed by atoms with Gasteiger partial charge in [0, 0.05) is 12.3 Å². The number of halogens is 1. The summed E-state index contributed by atoms with van der Waals surface area (Å²) >= 11 is 6.21. The SMILES string of the molecule is NC(=O)c1cc(N)cc(Cl)c1NC1CCOC1C1CC1. The Balaban J connectivity index is 1.87. The topological polar surface area (TPSA) is 90.4 Å². The van der Waals surface area contributed by atoms with Crippen molar-refractivity contribution < 1.29 is 9.53 Å². The molecule has 2 fully saturated rings. The van der Waals surface area contributed by atoms with E-state index in [-0.39, 0.29) is 12.1 Å². The van der Waals surface area contributed by atoms with Crippen molar-refractivity contribution in [3.05, 3.63) is 22.7 Å². The van der Waals surface area contributed by atoms with Crippen LogP contribution in [0.3, 0.4) is 0 Å². The number of hydrogen-bond donors (Lipinski definition) is 3. The first kappa shape index (κ1) is 13.5. The van der Waals surface area contributed by atoms with Crippen LogP contribution in [0, 0.1) is 5.92 Å². The number of ether oxygens (including phenoxy) is 1. The number of nitrogen functional groups attached to an aromatic ring is 1. The van der Waals surface area contributed by atoms with Crippen LogP contribution in [0.4, 0.5) is 11.4 Å². The van der Waals surface area contributed by atoms with Crippen LogP contribution in [0.5, 0.6) is 0 Å². The summed E-state index contributed by atoms with van der Waals surface area (Å²) in [5.74, 6) is 0.0863. The molecule has 2 atom stereocenters. The average molecular weight is 296 g/mol. The van der Waals surface area contributed by atoms with E-state index >= 15 is 0 Å². The Morgan fingerprint density at radius 1 is 1.35 bits per heavy atom. The molecule has 1 saturated heterocycles. The molecule has 1 aromatic rings. The van der Waals surface area contributed by atoms with E-state index in [2.05, 4.69) is 5.32 Å². The zero-order chi connectivity index (χ0) is 14.3. The highest BCUT2D eigenvalue weighted by Gasteiger charge is 2.41. The molecule has 0 bridgehead atoms. The first-order valence-corrected chi connectivity index (χ1v) is 7.21. The van der Waals surface area contributed by atoms with Gasteiger partial charge in [-0.3, -0.25) is 4.79 Å². The second kappa shape index (κ2) is 5.14. The fourth-order valence-corrected chi connectivity index (χ4v) is 3.09. The van der Waals surface area contributed by atoms with E-state index in [0.717, 1.165) is 13.0 Å². The van der Waals surface area contributed by atoms with Gasteiger partial charge >= 0.3 is 0 Å². The van der Waals surface area contributed by atoms with E-state index in [1.807, 2.05) is 0 Å². The molecule has 5 nitrogen and oxygen atoms in total. The summed E-state index contributed by atoms with van der Waals surface area (Å²) in [4.78, 5) is 11.6. The maximum Gasteiger partial charge on any atom is 0.250 e. The fourth-order valence-electron chi connectivity index (χ4n) is 2.81. The Morgan fingerprint density at radius 2 is 2.10 bits per heavy atom. The lowest BCUT2D eigenvalue weighted by Gasteiger charge is -2.22. The van der Waals surface area contributed by atoms with E-state index in [1.165, 1.54) is 12.8 Å². The Hall–Kier alpha value is -1.46. The van der Waals surface area contributed by atoms with Crippen molar-refractivity contribution in [2.75, 3.05) is 17.7 Å². The molecule has 0 aromatic heterocycles. The zero-order valence-electron chi connectivity index (χ0n) is 11.1. The number of carbonyl (C=O) groups excluding carboxylic acids is 1. The van der Waals surface area contributed by atoms with Crippen LogP contribution in [0.15, 0.2) is 12.1 Å². The standard InChI is InChI=1S/C14H18ClN3O2/c15-10-6-8(16)5-9(14(17)19)12(10)18-11-3-4-20-13(11)7-1-2-7/h5-7,11,13,18H,1-4,16H2,(H2,17,19). The average Bonchev–Trinajstić information content (AvgIpc) is 3.12. The number of benzene rings is 1. The molecule has 2 unspecified atom stereocenters. The summed E-state index contributed by atoms with van der Waals surface area (Å²) in [6.45, 7) is 0.733. The number of amides is 1. The molecular weight excluding hydrogens is 278 g/mol. The summed E-state index contributed by atoms with van der Waals surface area (Å²) < 4.78 is 5.78. The molecule has 2 aliphatic rings. The molecule has 0 radical (unpaired) electrons. The molecule has 0 spiro atoms. The number of primary amides is 1. The van der Waals surface area contributed by atoms with Crippen molar-refractivity contribution in [2.24, 2.45) is 11.7 Å². The van der Waals surface area contributed by atoms with Crippen LogP contribution in [-0.4, -0.2) is 24.7 Å². The Morgan fingerprint density at radius 3 is 2.75 bits per heavy atom. The molecule has 1 amide bonds. The Kier molecular flexibility index (Phi) is 3.48. The van der Waals surface area contributed by atoms with Gasteiger partial charge in [-0.1, -0.05) is 11.6 Å². The Bertz CT molecular complexity index is 545.